The summed E-state index contributed by atoms with van der Waals surface area (Å²) in [5.74, 6) is 3.78. The second-order valence-corrected chi connectivity index (χ2v) is 14.0. The Labute approximate surface area is 278 Å². The molecule has 0 aliphatic heterocycles. The number of benzene rings is 2. The van der Waals surface area contributed by atoms with E-state index in [1.54, 1.807) is 0 Å². The van der Waals surface area contributed by atoms with Gasteiger partial charge in [-0.25, -0.2) is 0 Å². The van der Waals surface area contributed by atoms with Gasteiger partial charge >= 0.3 is 0 Å². The summed E-state index contributed by atoms with van der Waals surface area (Å²) < 4.78 is 12.2. The molecule has 2 aromatic rings. The fraction of sp³-hybridized carbons (Fsp3) is 0.674. The molecule has 3 rings (SSSR count). The molecule has 1 saturated carbocycles. The lowest BCUT2D eigenvalue weighted by Gasteiger charge is -2.29. The summed E-state index contributed by atoms with van der Waals surface area (Å²) in [4.78, 5) is 0. The van der Waals surface area contributed by atoms with Crippen molar-refractivity contribution in [3.63, 3.8) is 0 Å². The first-order chi connectivity index (χ1) is 22.2. The molecule has 0 heterocycles. The molecule has 2 aromatic carbocycles. The highest BCUT2D eigenvalue weighted by molar-refractivity contribution is 5.50. The van der Waals surface area contributed by atoms with Crippen molar-refractivity contribution in [1.29, 1.82) is 0 Å². The van der Waals surface area contributed by atoms with Gasteiger partial charge in [0, 0.05) is 0 Å². The average Bonchev–Trinajstić information content (AvgIpc) is 3.06. The van der Waals surface area contributed by atoms with E-state index in [9.17, 15) is 0 Å². The third-order valence-corrected chi connectivity index (χ3v) is 9.94. The summed E-state index contributed by atoms with van der Waals surface area (Å²) >= 11 is 0. The van der Waals surface area contributed by atoms with Crippen LogP contribution in [-0.4, -0.2) is 12.7 Å². The van der Waals surface area contributed by atoms with Gasteiger partial charge in [-0.05, 0) is 112 Å². The largest absolute Gasteiger partial charge is 0.494 e. The van der Waals surface area contributed by atoms with Gasteiger partial charge in [0.1, 0.15) is 11.5 Å². The molecule has 45 heavy (non-hydrogen) atoms. The van der Waals surface area contributed by atoms with E-state index in [1.807, 2.05) is 0 Å². The highest BCUT2D eigenvalue weighted by Crippen LogP contribution is 2.38. The zero-order chi connectivity index (χ0) is 31.8. The van der Waals surface area contributed by atoms with Crippen LogP contribution in [0.3, 0.4) is 0 Å². The van der Waals surface area contributed by atoms with Crippen LogP contribution in [-0.2, 0) is 0 Å². The van der Waals surface area contributed by atoms with E-state index in [1.165, 1.54) is 140 Å². The van der Waals surface area contributed by atoms with Crippen LogP contribution < -0.4 is 9.47 Å². The van der Waals surface area contributed by atoms with Crippen molar-refractivity contribution >= 4 is 6.08 Å². The molecule has 1 unspecified atom stereocenters. The Hall–Kier alpha value is -2.22. The fourth-order valence-electron chi connectivity index (χ4n) is 6.95. The van der Waals surface area contributed by atoms with Crippen LogP contribution in [0.2, 0.25) is 0 Å². The molecule has 1 atom stereocenters. The van der Waals surface area contributed by atoms with Gasteiger partial charge in [0.2, 0.25) is 0 Å². The molecule has 0 amide bonds. The Morgan fingerprint density at radius 3 is 1.96 bits per heavy atom. The Morgan fingerprint density at radius 2 is 1.24 bits per heavy atom. The number of hydrogen-bond acceptors (Lipinski definition) is 2. The van der Waals surface area contributed by atoms with Crippen molar-refractivity contribution in [2.75, 3.05) is 6.61 Å². The van der Waals surface area contributed by atoms with Gasteiger partial charge in [-0.3, -0.25) is 0 Å². The predicted molar refractivity (Wildman–Crippen MR) is 197 cm³/mol. The Balaban J connectivity index is 1.13. The molecule has 1 fully saturated rings. The van der Waals surface area contributed by atoms with E-state index in [-0.39, 0.29) is 0 Å². The first kappa shape index (κ1) is 37.2. The Morgan fingerprint density at radius 1 is 0.644 bits per heavy atom. The minimum absolute atomic E-state index is 0.295. The van der Waals surface area contributed by atoms with E-state index in [4.69, 9.17) is 9.47 Å². The minimum Gasteiger partial charge on any atom is -0.494 e. The number of hydrogen-bond donors (Lipinski definition) is 0. The third-order valence-electron chi connectivity index (χ3n) is 9.94. The van der Waals surface area contributed by atoms with Crippen molar-refractivity contribution in [3.8, 4) is 11.5 Å². The molecule has 0 bridgehead atoms. The summed E-state index contributed by atoms with van der Waals surface area (Å²) in [6, 6.07) is 17.7. The molecule has 0 saturated heterocycles. The summed E-state index contributed by atoms with van der Waals surface area (Å²) in [5.41, 5.74) is 2.79. The zero-order valence-corrected chi connectivity index (χ0v) is 29.6. The molecule has 0 spiro atoms. The van der Waals surface area contributed by atoms with E-state index >= 15 is 0 Å². The molecule has 1 aliphatic rings. The van der Waals surface area contributed by atoms with Gasteiger partial charge in [0.25, 0.3) is 0 Å². The lowest BCUT2D eigenvalue weighted by Crippen LogP contribution is -2.13. The molecular weight excluding hydrogens is 548 g/mol. The van der Waals surface area contributed by atoms with Crippen LogP contribution in [0.4, 0.5) is 0 Å². The van der Waals surface area contributed by atoms with Gasteiger partial charge < -0.3 is 9.47 Å². The van der Waals surface area contributed by atoms with Gasteiger partial charge in [0.05, 0.1) is 12.7 Å². The minimum atomic E-state index is 0.295. The van der Waals surface area contributed by atoms with Crippen LogP contribution >= 0.6 is 0 Å². The molecule has 1 aliphatic carbocycles. The molecule has 0 radical (unpaired) electrons. The van der Waals surface area contributed by atoms with E-state index in [0.29, 0.717) is 6.10 Å². The molecular formula is C43H68O2. The Kier molecular flexibility index (Phi) is 19.9. The highest BCUT2D eigenvalue weighted by Gasteiger charge is 2.22. The number of ether oxygens (including phenoxy) is 2. The lowest BCUT2D eigenvalue weighted by molar-refractivity contribution is 0.206. The third kappa shape index (κ3) is 16.8. The number of allylic oxidation sites excluding steroid dienone is 1. The highest BCUT2D eigenvalue weighted by atomic mass is 16.5. The average molecular weight is 617 g/mol. The summed E-state index contributed by atoms with van der Waals surface area (Å²) in [6.07, 6.45) is 34.1. The molecule has 0 aromatic heterocycles. The van der Waals surface area contributed by atoms with E-state index in [2.05, 4.69) is 81.5 Å². The second-order valence-electron chi connectivity index (χ2n) is 14.0. The normalized spacial score (nSPS) is 17.5. The van der Waals surface area contributed by atoms with Gasteiger partial charge in [-0.2, -0.15) is 0 Å². The summed E-state index contributed by atoms with van der Waals surface area (Å²) in [6.45, 7) is 7.62. The van der Waals surface area contributed by atoms with Crippen LogP contribution in [0, 0.1) is 5.92 Å². The van der Waals surface area contributed by atoms with Crippen molar-refractivity contribution in [3.05, 3.63) is 65.7 Å². The monoisotopic (exact) mass is 617 g/mol. The standard InChI is InChI=1S/C43H68O2/c1-4-6-8-14-18-21-37(3)45-43-32-26-39(27-33-43)23-19-15-12-10-9-11-13-16-20-36-44-42-34-30-41(31-35-42)40-28-24-38(25-29-40)22-17-7-5-2/h19,23,26-27,30-35,37-38,40H,4-18,20-22,24-25,28-29,36H2,1-3H3/b23-19+. The van der Waals surface area contributed by atoms with E-state index < -0.39 is 0 Å². The smallest absolute Gasteiger partial charge is 0.119 e. The topological polar surface area (TPSA) is 18.5 Å². The fourth-order valence-corrected chi connectivity index (χ4v) is 6.95. The van der Waals surface area contributed by atoms with Gasteiger partial charge in [-0.1, -0.05) is 134 Å². The number of unbranched alkanes of at least 4 members (excludes halogenated alkanes) is 13. The van der Waals surface area contributed by atoms with Crippen molar-refractivity contribution in [1.82, 2.24) is 0 Å². The quantitative estimate of drug-likeness (QED) is 0.103. The SMILES string of the molecule is CCCCCCCC(C)Oc1ccc(/C=C/CCCCCCCCCOc2ccc(C3CCC(CCCCC)CC3)cc2)cc1. The Bertz CT molecular complexity index is 984. The predicted octanol–water partition coefficient (Wildman–Crippen LogP) is 13.9. The van der Waals surface area contributed by atoms with Crippen molar-refractivity contribution in [2.45, 2.75) is 174 Å². The van der Waals surface area contributed by atoms with Gasteiger partial charge in [0.15, 0.2) is 0 Å². The van der Waals surface area contributed by atoms with Gasteiger partial charge in [-0.15, -0.1) is 0 Å². The molecule has 0 N–H and O–H groups in total. The number of rotatable bonds is 25. The molecule has 2 heteroatoms. The van der Waals surface area contributed by atoms with Crippen molar-refractivity contribution in [2.24, 2.45) is 5.92 Å². The summed E-state index contributed by atoms with van der Waals surface area (Å²) in [7, 11) is 0. The zero-order valence-electron chi connectivity index (χ0n) is 29.6. The van der Waals surface area contributed by atoms with E-state index in [0.717, 1.165) is 42.8 Å². The van der Waals surface area contributed by atoms with Crippen LogP contribution in [0.15, 0.2) is 54.6 Å². The second kappa shape index (κ2) is 24.0. The first-order valence-corrected chi connectivity index (χ1v) is 19.3. The van der Waals surface area contributed by atoms with Crippen LogP contribution in [0.5, 0.6) is 11.5 Å². The van der Waals surface area contributed by atoms with Crippen LogP contribution in [0.25, 0.3) is 6.08 Å². The maximum atomic E-state index is 6.11. The maximum absolute atomic E-state index is 6.11. The molecule has 2 nitrogen and oxygen atoms in total. The first-order valence-electron chi connectivity index (χ1n) is 19.3. The maximum Gasteiger partial charge on any atom is 0.119 e. The van der Waals surface area contributed by atoms with Crippen molar-refractivity contribution < 1.29 is 9.47 Å². The molecule has 252 valence electrons. The van der Waals surface area contributed by atoms with Crippen LogP contribution in [0.1, 0.15) is 179 Å². The lowest BCUT2D eigenvalue weighted by atomic mass is 9.77. The summed E-state index contributed by atoms with van der Waals surface area (Å²) in [5, 5.41) is 0.